The van der Waals surface area contributed by atoms with E-state index in [1.54, 1.807) is 37.4 Å². The first kappa shape index (κ1) is 15.3. The van der Waals surface area contributed by atoms with Crippen molar-refractivity contribution in [3.05, 3.63) is 45.6 Å². The Morgan fingerprint density at radius 2 is 2.14 bits per heavy atom. The van der Waals surface area contributed by atoms with Gasteiger partial charge in [0.2, 0.25) is 0 Å². The maximum atomic E-state index is 11.1. The number of ether oxygens (including phenoxy) is 2. The molecule has 0 fully saturated rings. The fourth-order valence-corrected chi connectivity index (χ4v) is 2.65. The number of rotatable bonds is 6. The van der Waals surface area contributed by atoms with E-state index in [9.17, 15) is 9.90 Å². The Balaban J connectivity index is 2.07. The van der Waals surface area contributed by atoms with E-state index in [1.807, 2.05) is 6.92 Å². The van der Waals surface area contributed by atoms with Crippen LogP contribution in [-0.2, 0) is 0 Å². The van der Waals surface area contributed by atoms with Gasteiger partial charge in [-0.2, -0.15) is 0 Å². The molecule has 2 N–H and O–H groups in total. The summed E-state index contributed by atoms with van der Waals surface area (Å²) in [7, 11) is 1.55. The maximum Gasteiger partial charge on any atom is 0.349 e. The van der Waals surface area contributed by atoms with Crippen molar-refractivity contribution in [2.75, 3.05) is 13.7 Å². The second-order valence-corrected chi connectivity index (χ2v) is 5.72. The van der Waals surface area contributed by atoms with Gasteiger partial charge in [0, 0.05) is 4.88 Å². The summed E-state index contributed by atoms with van der Waals surface area (Å²) in [6.45, 7) is 1.78. The molecule has 0 radical (unpaired) electrons. The van der Waals surface area contributed by atoms with Crippen molar-refractivity contribution in [2.45, 2.75) is 13.0 Å². The summed E-state index contributed by atoms with van der Waals surface area (Å²) in [4.78, 5) is 12.1. The highest BCUT2D eigenvalue weighted by Crippen LogP contribution is 2.30. The molecular weight excluding hydrogens is 292 g/mol. The lowest BCUT2D eigenvalue weighted by Crippen LogP contribution is -2.10. The minimum absolute atomic E-state index is 0.0242. The first-order valence-electron chi connectivity index (χ1n) is 6.29. The number of hydrogen-bond acceptors (Lipinski definition) is 5. The van der Waals surface area contributed by atoms with Crippen LogP contribution in [0.2, 0.25) is 0 Å². The van der Waals surface area contributed by atoms with Gasteiger partial charge in [-0.1, -0.05) is 12.1 Å². The third-order valence-electron chi connectivity index (χ3n) is 2.89. The number of hydrogen-bond donors (Lipinski definition) is 2. The minimum Gasteiger partial charge on any atom is -0.497 e. The number of carbonyl (C=O) groups is 1. The van der Waals surface area contributed by atoms with E-state index < -0.39 is 12.1 Å². The van der Waals surface area contributed by atoms with Gasteiger partial charge >= 0.3 is 5.97 Å². The van der Waals surface area contributed by atoms with Gasteiger partial charge in [-0.05, 0) is 30.7 Å². The van der Waals surface area contributed by atoms with Gasteiger partial charge in [-0.25, -0.2) is 4.79 Å². The molecule has 0 amide bonds. The van der Waals surface area contributed by atoms with Crippen LogP contribution in [0.15, 0.2) is 30.3 Å². The topological polar surface area (TPSA) is 76.0 Å². The largest absolute Gasteiger partial charge is 0.497 e. The van der Waals surface area contributed by atoms with E-state index in [2.05, 4.69) is 0 Å². The quantitative estimate of drug-likeness (QED) is 0.858. The average Bonchev–Trinajstić information content (AvgIpc) is 2.86. The molecule has 112 valence electrons. The number of aryl methyl sites for hydroxylation is 1. The van der Waals surface area contributed by atoms with Crippen LogP contribution in [-0.4, -0.2) is 29.9 Å². The SMILES string of the molecule is COc1cccc(C(O)COc2cc(C)sc2C(=O)O)c1. The molecule has 5 nitrogen and oxygen atoms in total. The van der Waals surface area contributed by atoms with Crippen molar-refractivity contribution < 1.29 is 24.5 Å². The lowest BCUT2D eigenvalue weighted by atomic mass is 10.1. The molecule has 1 aromatic heterocycles. The number of aliphatic hydroxyl groups excluding tert-OH is 1. The predicted molar refractivity (Wildman–Crippen MR) is 79.5 cm³/mol. The normalized spacial score (nSPS) is 12.0. The highest BCUT2D eigenvalue weighted by Gasteiger charge is 2.17. The van der Waals surface area contributed by atoms with Crippen molar-refractivity contribution in [1.82, 2.24) is 0 Å². The van der Waals surface area contributed by atoms with E-state index in [0.29, 0.717) is 11.3 Å². The molecule has 0 aliphatic carbocycles. The van der Waals surface area contributed by atoms with E-state index >= 15 is 0 Å². The van der Waals surface area contributed by atoms with Crippen LogP contribution in [0.1, 0.15) is 26.2 Å². The van der Waals surface area contributed by atoms with Gasteiger partial charge < -0.3 is 19.7 Å². The molecule has 0 saturated heterocycles. The lowest BCUT2D eigenvalue weighted by Gasteiger charge is -2.13. The van der Waals surface area contributed by atoms with Crippen molar-refractivity contribution in [2.24, 2.45) is 0 Å². The molecular formula is C15H16O5S. The summed E-state index contributed by atoms with van der Waals surface area (Å²) >= 11 is 1.15. The summed E-state index contributed by atoms with van der Waals surface area (Å²) in [5.41, 5.74) is 0.651. The summed E-state index contributed by atoms with van der Waals surface area (Å²) in [5.74, 6) is -0.102. The maximum absolute atomic E-state index is 11.1. The van der Waals surface area contributed by atoms with Gasteiger partial charge in [0.15, 0.2) is 4.88 Å². The molecule has 0 aliphatic rings. The molecule has 2 aromatic rings. The lowest BCUT2D eigenvalue weighted by molar-refractivity contribution is 0.0689. The van der Waals surface area contributed by atoms with Gasteiger partial charge in [0.1, 0.15) is 24.2 Å². The predicted octanol–water partition coefficient (Wildman–Crippen LogP) is 2.88. The first-order valence-corrected chi connectivity index (χ1v) is 7.11. The summed E-state index contributed by atoms with van der Waals surface area (Å²) in [6, 6.07) is 8.68. The Morgan fingerprint density at radius 1 is 1.38 bits per heavy atom. The molecule has 1 atom stereocenters. The molecule has 2 rings (SSSR count). The summed E-state index contributed by atoms with van der Waals surface area (Å²) in [5, 5.41) is 19.2. The second-order valence-electron chi connectivity index (χ2n) is 4.46. The molecule has 0 aliphatic heterocycles. The monoisotopic (exact) mass is 308 g/mol. The van der Waals surface area contributed by atoms with Gasteiger partial charge in [-0.15, -0.1) is 11.3 Å². The van der Waals surface area contributed by atoms with E-state index in [0.717, 1.165) is 16.2 Å². The number of carboxylic acids is 1. The minimum atomic E-state index is -1.03. The Bertz CT molecular complexity index is 635. The summed E-state index contributed by atoms with van der Waals surface area (Å²) < 4.78 is 10.5. The average molecular weight is 308 g/mol. The first-order chi connectivity index (χ1) is 10.0. The van der Waals surface area contributed by atoms with E-state index in [-0.39, 0.29) is 17.2 Å². The fourth-order valence-electron chi connectivity index (χ4n) is 1.86. The van der Waals surface area contributed by atoms with Crippen molar-refractivity contribution in [3.63, 3.8) is 0 Å². The van der Waals surface area contributed by atoms with Crippen LogP contribution in [0.4, 0.5) is 0 Å². The van der Waals surface area contributed by atoms with Crippen LogP contribution >= 0.6 is 11.3 Å². The van der Waals surface area contributed by atoms with Crippen molar-refractivity contribution in [1.29, 1.82) is 0 Å². The molecule has 0 saturated carbocycles. The number of aromatic carboxylic acids is 1. The van der Waals surface area contributed by atoms with Crippen LogP contribution in [0.5, 0.6) is 11.5 Å². The van der Waals surface area contributed by atoms with E-state index in [4.69, 9.17) is 14.6 Å². The number of methoxy groups -OCH3 is 1. The van der Waals surface area contributed by atoms with Crippen LogP contribution in [0, 0.1) is 6.92 Å². The molecule has 0 bridgehead atoms. The highest BCUT2D eigenvalue weighted by molar-refractivity contribution is 7.14. The third-order valence-corrected chi connectivity index (χ3v) is 3.91. The Kier molecular flexibility index (Phi) is 4.82. The Hall–Kier alpha value is -2.05. The fraction of sp³-hybridized carbons (Fsp3) is 0.267. The summed E-state index contributed by atoms with van der Waals surface area (Å²) in [6.07, 6.45) is -0.859. The standard InChI is InChI=1S/C15H16O5S/c1-9-6-13(14(21-9)15(17)18)20-8-12(16)10-4-3-5-11(7-10)19-2/h3-7,12,16H,8H2,1-2H3,(H,17,18). The molecule has 1 heterocycles. The zero-order valence-electron chi connectivity index (χ0n) is 11.7. The Labute approximate surface area is 126 Å². The van der Waals surface area contributed by atoms with Crippen molar-refractivity contribution >= 4 is 17.3 Å². The van der Waals surface area contributed by atoms with Crippen molar-refractivity contribution in [3.8, 4) is 11.5 Å². The number of benzene rings is 1. The van der Waals surface area contributed by atoms with Gasteiger partial charge in [0.05, 0.1) is 7.11 Å². The molecule has 1 unspecified atom stereocenters. The third kappa shape index (κ3) is 3.74. The van der Waals surface area contributed by atoms with Crippen LogP contribution in [0.3, 0.4) is 0 Å². The molecule has 1 aromatic carbocycles. The zero-order valence-corrected chi connectivity index (χ0v) is 12.5. The van der Waals surface area contributed by atoms with E-state index in [1.165, 1.54) is 0 Å². The Morgan fingerprint density at radius 3 is 2.81 bits per heavy atom. The van der Waals surface area contributed by atoms with Gasteiger partial charge in [-0.3, -0.25) is 0 Å². The second kappa shape index (κ2) is 6.60. The number of thiophene rings is 1. The molecule has 6 heteroatoms. The number of carboxylic acid groups (broad SMARTS) is 1. The highest BCUT2D eigenvalue weighted by atomic mass is 32.1. The van der Waals surface area contributed by atoms with Crippen LogP contribution < -0.4 is 9.47 Å². The molecule has 21 heavy (non-hydrogen) atoms. The smallest absolute Gasteiger partial charge is 0.349 e. The molecule has 0 spiro atoms. The number of aliphatic hydroxyl groups is 1. The zero-order chi connectivity index (χ0) is 15.4. The van der Waals surface area contributed by atoms with Gasteiger partial charge in [0.25, 0.3) is 0 Å². The van der Waals surface area contributed by atoms with Crippen LogP contribution in [0.25, 0.3) is 0 Å².